The number of anilines is 1. The molecule has 2 aromatic heterocycles. The summed E-state index contributed by atoms with van der Waals surface area (Å²) in [6, 6.07) is 15.3. The van der Waals surface area contributed by atoms with Gasteiger partial charge >= 0.3 is 0 Å². The van der Waals surface area contributed by atoms with Crippen molar-refractivity contribution < 1.29 is 4.79 Å². The van der Waals surface area contributed by atoms with Crippen LogP contribution in [-0.4, -0.2) is 16.4 Å². The second-order valence-corrected chi connectivity index (χ2v) is 11.8. The molecule has 0 saturated carbocycles. The van der Waals surface area contributed by atoms with Crippen LogP contribution >= 0.6 is 34.3 Å². The van der Waals surface area contributed by atoms with Gasteiger partial charge in [-0.05, 0) is 63.9 Å². The maximum Gasteiger partial charge on any atom is 0.257 e. The average Bonchev–Trinajstić information content (AvgIpc) is 3.28. The lowest BCUT2D eigenvalue weighted by Crippen LogP contribution is -2.54. The molecule has 7 heteroatoms. The Balaban J connectivity index is 1.69. The number of nitrogens with zero attached hydrogens (tertiary/aromatic N) is 1. The molecule has 1 aliphatic heterocycles. The highest BCUT2D eigenvalue weighted by Crippen LogP contribution is 2.50. The van der Waals surface area contributed by atoms with Crippen molar-refractivity contribution in [2.24, 2.45) is 0 Å². The highest BCUT2D eigenvalue weighted by molar-refractivity contribution is 7.23. The van der Waals surface area contributed by atoms with Crippen LogP contribution in [0.2, 0.25) is 5.02 Å². The largest absolute Gasteiger partial charge is 0.313 e. The number of hydrogen-bond donors (Lipinski definition) is 2. The number of thiophene rings is 1. The van der Waals surface area contributed by atoms with Crippen LogP contribution < -0.4 is 10.6 Å². The maximum absolute atomic E-state index is 13.2. The SMILES string of the molecule is CC1(C)Cc2c(sc(NC(=O)c3ccccc3Cl)c2-c2nc3ccccc3s2)C(C)(C)N1. The van der Waals surface area contributed by atoms with Crippen LogP contribution in [0.25, 0.3) is 20.8 Å². The molecule has 0 bridgehead atoms. The van der Waals surface area contributed by atoms with Crippen LogP contribution in [0.15, 0.2) is 48.5 Å². The molecule has 1 aliphatic rings. The highest BCUT2D eigenvalue weighted by Gasteiger charge is 2.41. The van der Waals surface area contributed by atoms with Gasteiger partial charge in [-0.25, -0.2) is 4.98 Å². The van der Waals surface area contributed by atoms with E-state index in [0.717, 1.165) is 32.2 Å². The number of para-hydroxylation sites is 1. The van der Waals surface area contributed by atoms with Crippen molar-refractivity contribution in [1.29, 1.82) is 0 Å². The average molecular weight is 482 g/mol. The van der Waals surface area contributed by atoms with E-state index in [1.165, 1.54) is 10.4 Å². The third kappa shape index (κ3) is 3.75. The van der Waals surface area contributed by atoms with Gasteiger partial charge < -0.3 is 10.6 Å². The Kier molecular flexibility index (Phi) is 5.17. The molecule has 32 heavy (non-hydrogen) atoms. The number of amides is 1. The molecule has 0 aliphatic carbocycles. The zero-order valence-corrected chi connectivity index (χ0v) is 20.8. The highest BCUT2D eigenvalue weighted by atomic mass is 35.5. The smallest absolute Gasteiger partial charge is 0.257 e. The number of fused-ring (bicyclic) bond motifs is 2. The van der Waals surface area contributed by atoms with Crippen molar-refractivity contribution in [3.63, 3.8) is 0 Å². The van der Waals surface area contributed by atoms with Gasteiger partial charge in [-0.3, -0.25) is 4.79 Å². The summed E-state index contributed by atoms with van der Waals surface area (Å²) >= 11 is 9.60. The Morgan fingerprint density at radius 1 is 1.06 bits per heavy atom. The minimum atomic E-state index is -0.222. The van der Waals surface area contributed by atoms with Crippen molar-refractivity contribution in [2.45, 2.75) is 45.2 Å². The lowest BCUT2D eigenvalue weighted by atomic mass is 9.81. The van der Waals surface area contributed by atoms with E-state index in [4.69, 9.17) is 16.6 Å². The van der Waals surface area contributed by atoms with E-state index in [2.05, 4.69) is 44.4 Å². The van der Waals surface area contributed by atoms with Crippen LogP contribution in [0.4, 0.5) is 5.00 Å². The monoisotopic (exact) mass is 481 g/mol. The summed E-state index contributed by atoms with van der Waals surface area (Å²) in [7, 11) is 0. The topological polar surface area (TPSA) is 54.0 Å². The number of halogens is 1. The minimum Gasteiger partial charge on any atom is -0.313 e. The van der Waals surface area contributed by atoms with Gasteiger partial charge in [-0.2, -0.15) is 0 Å². The van der Waals surface area contributed by atoms with E-state index < -0.39 is 0 Å². The zero-order chi connectivity index (χ0) is 22.7. The van der Waals surface area contributed by atoms with E-state index in [-0.39, 0.29) is 17.0 Å². The molecule has 4 nitrogen and oxygen atoms in total. The molecule has 2 aromatic carbocycles. The number of hydrogen-bond acceptors (Lipinski definition) is 5. The number of carbonyl (C=O) groups is 1. The van der Waals surface area contributed by atoms with Gasteiger partial charge in [-0.15, -0.1) is 22.7 Å². The van der Waals surface area contributed by atoms with Crippen molar-refractivity contribution in [3.8, 4) is 10.6 Å². The number of benzene rings is 2. The summed E-state index contributed by atoms with van der Waals surface area (Å²) < 4.78 is 1.14. The Bertz CT molecular complexity index is 1320. The fourth-order valence-electron chi connectivity index (χ4n) is 4.64. The molecule has 0 radical (unpaired) electrons. The second-order valence-electron chi connectivity index (χ2n) is 9.35. The van der Waals surface area contributed by atoms with E-state index >= 15 is 0 Å². The molecule has 1 amide bonds. The first kappa shape index (κ1) is 21.6. The standard InChI is InChI=1S/C25H24ClN3OS2/c1-24(2)13-15-19(22-27-17-11-7-8-12-18(17)31-22)23(32-20(15)25(3,4)29-24)28-21(30)14-9-5-6-10-16(14)26/h5-12,29H,13H2,1-4H3,(H,28,30). The number of nitrogens with one attached hydrogen (secondary N) is 2. The molecule has 0 atom stereocenters. The Hall–Kier alpha value is -2.25. The minimum absolute atomic E-state index is 0.0764. The van der Waals surface area contributed by atoms with Gasteiger partial charge in [0.1, 0.15) is 10.0 Å². The summed E-state index contributed by atoms with van der Waals surface area (Å²) in [6.45, 7) is 8.84. The summed E-state index contributed by atoms with van der Waals surface area (Å²) in [4.78, 5) is 19.4. The Labute approximate surface area is 200 Å². The van der Waals surface area contributed by atoms with Crippen molar-refractivity contribution >= 4 is 55.4 Å². The molecule has 164 valence electrons. The molecule has 2 N–H and O–H groups in total. The molecule has 3 heterocycles. The molecular weight excluding hydrogens is 458 g/mol. The van der Waals surface area contributed by atoms with Gasteiger partial charge in [0, 0.05) is 21.5 Å². The van der Waals surface area contributed by atoms with Gasteiger partial charge in [0.05, 0.1) is 20.8 Å². The van der Waals surface area contributed by atoms with Crippen LogP contribution in [0.5, 0.6) is 0 Å². The molecule has 0 fully saturated rings. The summed E-state index contributed by atoms with van der Waals surface area (Å²) in [5.74, 6) is -0.207. The van der Waals surface area contributed by atoms with Crippen molar-refractivity contribution in [1.82, 2.24) is 10.3 Å². The first-order valence-electron chi connectivity index (χ1n) is 10.5. The third-order valence-corrected chi connectivity index (χ3v) is 8.55. The predicted octanol–water partition coefficient (Wildman–Crippen LogP) is 7.09. The van der Waals surface area contributed by atoms with Crippen LogP contribution in [0.1, 0.15) is 48.5 Å². The predicted molar refractivity (Wildman–Crippen MR) is 136 cm³/mol. The number of aromatic nitrogens is 1. The van der Waals surface area contributed by atoms with Gasteiger partial charge in [0.15, 0.2) is 0 Å². The van der Waals surface area contributed by atoms with E-state index in [1.54, 1.807) is 34.8 Å². The van der Waals surface area contributed by atoms with E-state index in [0.29, 0.717) is 10.6 Å². The van der Waals surface area contributed by atoms with Gasteiger partial charge in [0.25, 0.3) is 5.91 Å². The number of rotatable bonds is 3. The molecule has 5 rings (SSSR count). The van der Waals surface area contributed by atoms with Gasteiger partial charge in [-0.1, -0.05) is 35.9 Å². The van der Waals surface area contributed by atoms with Crippen molar-refractivity contribution in [2.75, 3.05) is 5.32 Å². The van der Waals surface area contributed by atoms with Crippen LogP contribution in [-0.2, 0) is 12.0 Å². The van der Waals surface area contributed by atoms with Crippen molar-refractivity contribution in [3.05, 3.63) is 69.6 Å². The van der Waals surface area contributed by atoms with E-state index in [1.807, 2.05) is 30.3 Å². The fraction of sp³-hybridized carbons (Fsp3) is 0.280. The van der Waals surface area contributed by atoms with E-state index in [9.17, 15) is 4.79 Å². The Morgan fingerprint density at radius 3 is 2.53 bits per heavy atom. The maximum atomic E-state index is 13.2. The summed E-state index contributed by atoms with van der Waals surface area (Å²) in [6.07, 6.45) is 0.857. The molecule has 0 spiro atoms. The fourth-order valence-corrected chi connectivity index (χ4v) is 7.24. The second kappa shape index (κ2) is 7.66. The third-order valence-electron chi connectivity index (χ3n) is 5.70. The molecule has 0 saturated heterocycles. The Morgan fingerprint density at radius 2 is 1.78 bits per heavy atom. The quantitative estimate of drug-likeness (QED) is 0.328. The molecule has 4 aromatic rings. The van der Waals surface area contributed by atoms with Crippen LogP contribution in [0.3, 0.4) is 0 Å². The lowest BCUT2D eigenvalue weighted by molar-refractivity contribution is 0.102. The molecule has 0 unspecified atom stereocenters. The normalized spacial score (nSPS) is 16.7. The lowest BCUT2D eigenvalue weighted by Gasteiger charge is -2.42. The first-order valence-corrected chi connectivity index (χ1v) is 12.5. The summed E-state index contributed by atoms with van der Waals surface area (Å²) in [5.41, 5.74) is 3.44. The van der Waals surface area contributed by atoms with Crippen LogP contribution in [0, 0.1) is 0 Å². The van der Waals surface area contributed by atoms with Gasteiger partial charge in [0.2, 0.25) is 0 Å². The number of thiazole rings is 1. The molecular formula is C25H24ClN3OS2. The summed E-state index contributed by atoms with van der Waals surface area (Å²) in [5, 5.41) is 9.13. The number of carbonyl (C=O) groups excluding carboxylic acids is 1. The first-order chi connectivity index (χ1) is 15.1. The zero-order valence-electron chi connectivity index (χ0n) is 18.4.